The smallest absolute Gasteiger partial charge is 0.352 e. The number of anilines is 2. The molecule has 0 saturated carbocycles. The lowest BCUT2D eigenvalue weighted by atomic mass is 10.1. The molecule has 18 heavy (non-hydrogen) atoms. The standard InChI is InChI=1S/C10H15N5O3/c11-9-8(15(16)17)10(14-6-13-9)12-3-1-7-2-4-18-5-7/h6-7H,1-5H2,(H3,11,12,13,14). The van der Waals surface area contributed by atoms with Crippen LogP contribution in [0.2, 0.25) is 0 Å². The summed E-state index contributed by atoms with van der Waals surface area (Å²) in [5.74, 6) is 0.559. The third kappa shape index (κ3) is 2.83. The second-order valence-electron chi connectivity index (χ2n) is 4.16. The van der Waals surface area contributed by atoms with Crippen molar-refractivity contribution in [1.82, 2.24) is 9.97 Å². The number of nitrogens with zero attached hydrogens (tertiary/aromatic N) is 3. The Hall–Kier alpha value is -1.96. The molecule has 0 amide bonds. The van der Waals surface area contributed by atoms with E-state index in [0.717, 1.165) is 26.1 Å². The summed E-state index contributed by atoms with van der Waals surface area (Å²) in [6.07, 6.45) is 3.14. The van der Waals surface area contributed by atoms with E-state index in [4.69, 9.17) is 10.5 Å². The zero-order valence-corrected chi connectivity index (χ0v) is 9.83. The minimum atomic E-state index is -0.573. The van der Waals surface area contributed by atoms with Gasteiger partial charge in [0.25, 0.3) is 0 Å². The van der Waals surface area contributed by atoms with E-state index in [9.17, 15) is 10.1 Å². The van der Waals surface area contributed by atoms with Crippen LogP contribution in [0.4, 0.5) is 17.3 Å². The predicted octanol–water partition coefficient (Wildman–Crippen LogP) is 0.805. The monoisotopic (exact) mass is 253 g/mol. The molecule has 98 valence electrons. The molecule has 1 aliphatic heterocycles. The number of aromatic nitrogens is 2. The van der Waals surface area contributed by atoms with Crippen LogP contribution in [0.15, 0.2) is 6.33 Å². The Labute approximate surface area is 104 Å². The SMILES string of the molecule is Nc1ncnc(NCCC2CCOC2)c1[N+](=O)[O-]. The summed E-state index contributed by atoms with van der Waals surface area (Å²) in [5.41, 5.74) is 5.20. The first-order chi connectivity index (χ1) is 8.68. The highest BCUT2D eigenvalue weighted by Gasteiger charge is 2.21. The van der Waals surface area contributed by atoms with Crippen molar-refractivity contribution in [3.63, 3.8) is 0 Å². The first kappa shape index (κ1) is 12.5. The largest absolute Gasteiger partial charge is 0.381 e. The molecule has 0 radical (unpaired) electrons. The topological polar surface area (TPSA) is 116 Å². The van der Waals surface area contributed by atoms with E-state index < -0.39 is 4.92 Å². The summed E-state index contributed by atoms with van der Waals surface area (Å²) in [5, 5.41) is 13.8. The molecule has 1 saturated heterocycles. The van der Waals surface area contributed by atoms with Crippen molar-refractivity contribution in [2.75, 3.05) is 30.8 Å². The van der Waals surface area contributed by atoms with Crippen molar-refractivity contribution < 1.29 is 9.66 Å². The molecule has 2 rings (SSSR count). The van der Waals surface area contributed by atoms with Gasteiger partial charge in [0.15, 0.2) is 0 Å². The summed E-state index contributed by atoms with van der Waals surface area (Å²) in [4.78, 5) is 17.7. The van der Waals surface area contributed by atoms with Gasteiger partial charge in [-0.2, -0.15) is 0 Å². The summed E-state index contributed by atoms with van der Waals surface area (Å²) in [6, 6.07) is 0. The Morgan fingerprint density at radius 3 is 3.11 bits per heavy atom. The fourth-order valence-corrected chi connectivity index (χ4v) is 1.91. The minimum Gasteiger partial charge on any atom is -0.381 e. The zero-order valence-electron chi connectivity index (χ0n) is 9.83. The predicted molar refractivity (Wildman–Crippen MR) is 65.1 cm³/mol. The van der Waals surface area contributed by atoms with Crippen molar-refractivity contribution >= 4 is 17.3 Å². The molecule has 8 heteroatoms. The van der Waals surface area contributed by atoms with Crippen LogP contribution in [-0.2, 0) is 4.74 Å². The third-order valence-electron chi connectivity index (χ3n) is 2.90. The lowest BCUT2D eigenvalue weighted by Gasteiger charge is -2.09. The first-order valence-electron chi connectivity index (χ1n) is 5.75. The average Bonchev–Trinajstić information content (AvgIpc) is 2.81. The molecule has 1 unspecified atom stereocenters. The van der Waals surface area contributed by atoms with E-state index in [1.807, 2.05) is 0 Å². The van der Waals surface area contributed by atoms with E-state index >= 15 is 0 Å². The van der Waals surface area contributed by atoms with Gasteiger partial charge in [0.2, 0.25) is 11.6 Å². The summed E-state index contributed by atoms with van der Waals surface area (Å²) < 4.78 is 5.26. The van der Waals surface area contributed by atoms with Gasteiger partial charge in [0, 0.05) is 19.8 Å². The van der Waals surface area contributed by atoms with Gasteiger partial charge >= 0.3 is 5.69 Å². The van der Waals surface area contributed by atoms with Crippen LogP contribution in [0.1, 0.15) is 12.8 Å². The zero-order chi connectivity index (χ0) is 13.0. The molecular weight excluding hydrogens is 238 g/mol. The van der Waals surface area contributed by atoms with Crippen molar-refractivity contribution in [2.24, 2.45) is 5.92 Å². The van der Waals surface area contributed by atoms with Crippen molar-refractivity contribution in [1.29, 1.82) is 0 Å². The lowest BCUT2D eigenvalue weighted by Crippen LogP contribution is -2.12. The fraction of sp³-hybridized carbons (Fsp3) is 0.600. The Kier molecular flexibility index (Phi) is 3.88. The molecule has 1 aromatic rings. The van der Waals surface area contributed by atoms with Gasteiger partial charge < -0.3 is 15.8 Å². The maximum Gasteiger partial charge on any atom is 0.352 e. The Bertz CT molecular complexity index is 434. The van der Waals surface area contributed by atoms with Gasteiger partial charge in [-0.15, -0.1) is 0 Å². The van der Waals surface area contributed by atoms with E-state index in [1.54, 1.807) is 0 Å². The van der Waals surface area contributed by atoms with Crippen molar-refractivity contribution in [3.8, 4) is 0 Å². The number of nitrogen functional groups attached to an aromatic ring is 1. The third-order valence-corrected chi connectivity index (χ3v) is 2.90. The summed E-state index contributed by atoms with van der Waals surface area (Å²) >= 11 is 0. The molecule has 8 nitrogen and oxygen atoms in total. The fourth-order valence-electron chi connectivity index (χ4n) is 1.91. The van der Waals surface area contributed by atoms with E-state index in [1.165, 1.54) is 6.33 Å². The maximum atomic E-state index is 10.8. The van der Waals surface area contributed by atoms with Crippen LogP contribution in [0.5, 0.6) is 0 Å². The number of hydrogen-bond acceptors (Lipinski definition) is 7. The van der Waals surface area contributed by atoms with Crippen LogP contribution in [-0.4, -0.2) is 34.6 Å². The Morgan fingerprint density at radius 1 is 1.61 bits per heavy atom. The van der Waals surface area contributed by atoms with Gasteiger partial charge in [-0.3, -0.25) is 10.1 Å². The van der Waals surface area contributed by atoms with Crippen LogP contribution >= 0.6 is 0 Å². The van der Waals surface area contributed by atoms with Gasteiger partial charge in [0.1, 0.15) is 6.33 Å². The molecule has 0 bridgehead atoms. The van der Waals surface area contributed by atoms with Gasteiger partial charge in [-0.25, -0.2) is 9.97 Å². The number of nitrogens with two attached hydrogens (primary N) is 1. The van der Waals surface area contributed by atoms with E-state index in [-0.39, 0.29) is 17.3 Å². The number of hydrogen-bond donors (Lipinski definition) is 2. The number of ether oxygens (including phenoxy) is 1. The molecular formula is C10H15N5O3. The van der Waals surface area contributed by atoms with Crippen LogP contribution < -0.4 is 11.1 Å². The highest BCUT2D eigenvalue weighted by molar-refractivity contribution is 5.67. The van der Waals surface area contributed by atoms with Gasteiger partial charge in [0.05, 0.1) is 4.92 Å². The number of nitro groups is 1. The molecule has 2 heterocycles. The van der Waals surface area contributed by atoms with Gasteiger partial charge in [-0.1, -0.05) is 0 Å². The van der Waals surface area contributed by atoms with Crippen LogP contribution in [0, 0.1) is 16.0 Å². The molecule has 0 aliphatic carbocycles. The number of nitrogens with one attached hydrogen (secondary N) is 1. The molecule has 3 N–H and O–H groups in total. The van der Waals surface area contributed by atoms with E-state index in [0.29, 0.717) is 12.5 Å². The molecule has 1 fully saturated rings. The molecule has 1 aromatic heterocycles. The first-order valence-corrected chi connectivity index (χ1v) is 5.75. The number of rotatable bonds is 5. The van der Waals surface area contributed by atoms with Crippen LogP contribution in [0.25, 0.3) is 0 Å². The quantitative estimate of drug-likeness (QED) is 0.589. The second-order valence-corrected chi connectivity index (χ2v) is 4.16. The van der Waals surface area contributed by atoms with Crippen LogP contribution in [0.3, 0.4) is 0 Å². The highest BCUT2D eigenvalue weighted by atomic mass is 16.6. The summed E-state index contributed by atoms with van der Waals surface area (Å²) in [6.45, 7) is 2.16. The second kappa shape index (κ2) is 5.58. The molecule has 0 aromatic carbocycles. The maximum absolute atomic E-state index is 10.8. The minimum absolute atomic E-state index is 0.123. The summed E-state index contributed by atoms with van der Waals surface area (Å²) in [7, 11) is 0. The Morgan fingerprint density at radius 2 is 2.44 bits per heavy atom. The molecule has 1 aliphatic rings. The Balaban J connectivity index is 1.96. The van der Waals surface area contributed by atoms with E-state index in [2.05, 4.69) is 15.3 Å². The normalized spacial score (nSPS) is 18.8. The molecule has 1 atom stereocenters. The average molecular weight is 253 g/mol. The van der Waals surface area contributed by atoms with Crippen molar-refractivity contribution in [3.05, 3.63) is 16.4 Å². The lowest BCUT2D eigenvalue weighted by molar-refractivity contribution is -0.383. The molecule has 0 spiro atoms. The van der Waals surface area contributed by atoms with Crippen molar-refractivity contribution in [2.45, 2.75) is 12.8 Å². The highest BCUT2D eigenvalue weighted by Crippen LogP contribution is 2.26. The van der Waals surface area contributed by atoms with Gasteiger partial charge in [-0.05, 0) is 18.8 Å².